The molecule has 0 amide bonds. The summed E-state index contributed by atoms with van der Waals surface area (Å²) in [5.74, 6) is -0.900. The van der Waals surface area contributed by atoms with Crippen LogP contribution in [0.1, 0.15) is 11.1 Å². The van der Waals surface area contributed by atoms with Gasteiger partial charge in [-0.1, -0.05) is 67.2 Å². The van der Waals surface area contributed by atoms with Crippen molar-refractivity contribution in [2.45, 2.75) is 6.29 Å². The molecule has 0 aliphatic heterocycles. The number of rotatable bonds is 5. The van der Waals surface area contributed by atoms with Gasteiger partial charge in [0, 0.05) is 5.57 Å². The van der Waals surface area contributed by atoms with Crippen molar-refractivity contribution in [3.05, 3.63) is 90.0 Å². The largest absolute Gasteiger partial charge is 0.428 e. The van der Waals surface area contributed by atoms with Crippen molar-refractivity contribution >= 4 is 11.5 Å². The van der Waals surface area contributed by atoms with Gasteiger partial charge in [0.1, 0.15) is 11.6 Å². The van der Waals surface area contributed by atoms with E-state index in [2.05, 4.69) is 6.58 Å². The zero-order valence-corrected chi connectivity index (χ0v) is 12.3. The minimum absolute atomic E-state index is 0.177. The fraction of sp³-hybridized carbons (Fsp3) is 0.0526. The molecule has 0 heterocycles. The van der Waals surface area contributed by atoms with E-state index < -0.39 is 12.3 Å². The highest BCUT2D eigenvalue weighted by Gasteiger charge is 2.21. The van der Waals surface area contributed by atoms with E-state index in [1.54, 1.807) is 24.3 Å². The van der Waals surface area contributed by atoms with E-state index in [-0.39, 0.29) is 5.57 Å². The molecule has 0 spiro atoms. The fourth-order valence-corrected chi connectivity index (χ4v) is 2.09. The number of aliphatic hydroxyl groups is 1. The van der Waals surface area contributed by atoms with E-state index in [1.807, 2.05) is 42.5 Å². The summed E-state index contributed by atoms with van der Waals surface area (Å²) in [6, 6.07) is 20.1. The van der Waals surface area contributed by atoms with Crippen molar-refractivity contribution in [1.82, 2.24) is 0 Å². The molecule has 1 N–H and O–H groups in total. The average molecular weight is 305 g/mol. The average Bonchev–Trinajstić information content (AvgIpc) is 2.60. The molecule has 2 aromatic rings. The molecule has 0 radical (unpaired) electrons. The summed E-state index contributed by atoms with van der Waals surface area (Å²) < 4.78 is 4.79. The molecule has 0 aliphatic carbocycles. The molecule has 23 heavy (non-hydrogen) atoms. The van der Waals surface area contributed by atoms with E-state index in [9.17, 15) is 15.2 Å². The number of hydrogen-bond acceptors (Lipinski definition) is 4. The van der Waals surface area contributed by atoms with E-state index in [0.717, 1.165) is 6.08 Å². The Morgan fingerprint density at radius 2 is 1.57 bits per heavy atom. The first-order chi connectivity index (χ1) is 11.2. The van der Waals surface area contributed by atoms with E-state index >= 15 is 0 Å². The molecule has 4 heteroatoms. The Hall–Kier alpha value is -3.16. The number of carbonyl (C=O) groups excluding carboxylic acids is 1. The van der Waals surface area contributed by atoms with Crippen LogP contribution < -0.4 is 0 Å². The van der Waals surface area contributed by atoms with Crippen LogP contribution in [0.5, 0.6) is 0 Å². The summed E-state index contributed by atoms with van der Waals surface area (Å²) >= 11 is 0. The number of benzene rings is 2. The molecule has 114 valence electrons. The minimum atomic E-state index is -1.46. The molecule has 2 aromatic carbocycles. The topological polar surface area (TPSA) is 70.3 Å². The van der Waals surface area contributed by atoms with Gasteiger partial charge in [0.05, 0.1) is 0 Å². The zero-order chi connectivity index (χ0) is 16.7. The van der Waals surface area contributed by atoms with Gasteiger partial charge in [-0.15, -0.1) is 0 Å². The van der Waals surface area contributed by atoms with Crippen LogP contribution in [-0.2, 0) is 9.53 Å². The first-order valence-electron chi connectivity index (χ1n) is 6.94. The Morgan fingerprint density at radius 3 is 1.96 bits per heavy atom. The molecule has 1 atom stereocenters. The van der Waals surface area contributed by atoms with Crippen molar-refractivity contribution in [2.75, 3.05) is 0 Å². The second-order valence-electron chi connectivity index (χ2n) is 4.63. The number of ether oxygens (including phenoxy) is 1. The highest BCUT2D eigenvalue weighted by atomic mass is 16.6. The van der Waals surface area contributed by atoms with Crippen LogP contribution in [0.25, 0.3) is 5.57 Å². The van der Waals surface area contributed by atoms with Gasteiger partial charge in [0.2, 0.25) is 6.29 Å². The Bertz CT molecular complexity index is 717. The first-order valence-corrected chi connectivity index (χ1v) is 6.94. The number of carbonyl (C=O) groups is 1. The van der Waals surface area contributed by atoms with Crippen LogP contribution in [0.4, 0.5) is 0 Å². The molecular formula is C19H15NO3. The van der Waals surface area contributed by atoms with Crippen LogP contribution in [0, 0.1) is 11.3 Å². The number of esters is 1. The van der Waals surface area contributed by atoms with Gasteiger partial charge in [-0.3, -0.25) is 0 Å². The summed E-state index contributed by atoms with van der Waals surface area (Å²) in [5.41, 5.74) is 1.69. The van der Waals surface area contributed by atoms with Crippen molar-refractivity contribution < 1.29 is 14.6 Å². The molecular weight excluding hydrogens is 290 g/mol. The molecule has 0 saturated carbocycles. The molecule has 0 aromatic heterocycles. The molecule has 0 bridgehead atoms. The van der Waals surface area contributed by atoms with Crippen molar-refractivity contribution in [3.8, 4) is 6.07 Å². The van der Waals surface area contributed by atoms with Gasteiger partial charge in [-0.05, 0) is 17.2 Å². The summed E-state index contributed by atoms with van der Waals surface area (Å²) in [5, 5.41) is 18.9. The summed E-state index contributed by atoms with van der Waals surface area (Å²) in [6.45, 7) is 3.33. The van der Waals surface area contributed by atoms with E-state index in [1.165, 1.54) is 0 Å². The van der Waals surface area contributed by atoms with Gasteiger partial charge in [0.25, 0.3) is 0 Å². The maximum atomic E-state index is 12.2. The summed E-state index contributed by atoms with van der Waals surface area (Å²) in [4.78, 5) is 12.2. The summed E-state index contributed by atoms with van der Waals surface area (Å²) in [6.07, 6.45) is -0.393. The van der Waals surface area contributed by atoms with Crippen molar-refractivity contribution in [1.29, 1.82) is 5.26 Å². The van der Waals surface area contributed by atoms with Crippen LogP contribution in [-0.4, -0.2) is 17.4 Å². The zero-order valence-electron chi connectivity index (χ0n) is 12.3. The van der Waals surface area contributed by atoms with Crippen LogP contribution in [0.2, 0.25) is 0 Å². The minimum Gasteiger partial charge on any atom is -0.428 e. The van der Waals surface area contributed by atoms with Gasteiger partial charge in [0.15, 0.2) is 0 Å². The van der Waals surface area contributed by atoms with Gasteiger partial charge in [-0.25, -0.2) is 4.79 Å². The standard InChI is InChI=1S/C19H15NO3/c1-2-17(21)23-19(22)16(13-20)18(14-9-5-3-6-10-14)15-11-7-4-8-12-15/h2-12,17,21H,1H2. The van der Waals surface area contributed by atoms with Crippen molar-refractivity contribution in [3.63, 3.8) is 0 Å². The predicted octanol–water partition coefficient (Wildman–Crippen LogP) is 3.06. The van der Waals surface area contributed by atoms with E-state index in [0.29, 0.717) is 16.7 Å². The maximum Gasteiger partial charge on any atom is 0.352 e. The third kappa shape index (κ3) is 3.94. The fourth-order valence-electron chi connectivity index (χ4n) is 2.09. The number of nitrogens with zero attached hydrogens (tertiary/aromatic N) is 1. The van der Waals surface area contributed by atoms with Crippen LogP contribution in [0.3, 0.4) is 0 Å². The quantitative estimate of drug-likeness (QED) is 0.303. The Labute approximate surface area is 134 Å². The monoisotopic (exact) mass is 305 g/mol. The molecule has 0 saturated heterocycles. The molecule has 0 aliphatic rings. The van der Waals surface area contributed by atoms with Gasteiger partial charge < -0.3 is 9.84 Å². The molecule has 1 unspecified atom stereocenters. The second-order valence-corrected chi connectivity index (χ2v) is 4.63. The van der Waals surface area contributed by atoms with Crippen LogP contribution in [0.15, 0.2) is 78.9 Å². The maximum absolute atomic E-state index is 12.2. The summed E-state index contributed by atoms with van der Waals surface area (Å²) in [7, 11) is 0. The third-order valence-corrected chi connectivity index (χ3v) is 3.12. The smallest absolute Gasteiger partial charge is 0.352 e. The molecule has 2 rings (SSSR count). The number of aliphatic hydroxyl groups excluding tert-OH is 1. The SMILES string of the molecule is C=CC(O)OC(=O)C(C#N)=C(c1ccccc1)c1ccccc1. The highest BCUT2D eigenvalue weighted by Crippen LogP contribution is 2.27. The lowest BCUT2D eigenvalue weighted by atomic mass is 9.93. The predicted molar refractivity (Wildman–Crippen MR) is 86.8 cm³/mol. The Balaban J connectivity index is 2.61. The Kier molecular flexibility index (Phi) is 5.45. The highest BCUT2D eigenvalue weighted by molar-refractivity contribution is 6.05. The van der Waals surface area contributed by atoms with Crippen LogP contribution >= 0.6 is 0 Å². The second kappa shape index (κ2) is 7.74. The third-order valence-electron chi connectivity index (χ3n) is 3.12. The lowest BCUT2D eigenvalue weighted by Gasteiger charge is -2.12. The van der Waals surface area contributed by atoms with Gasteiger partial charge in [-0.2, -0.15) is 5.26 Å². The van der Waals surface area contributed by atoms with Crippen molar-refractivity contribution in [2.24, 2.45) is 0 Å². The number of nitriles is 1. The molecule has 4 nitrogen and oxygen atoms in total. The lowest BCUT2D eigenvalue weighted by molar-refractivity contribution is -0.155. The lowest BCUT2D eigenvalue weighted by Crippen LogP contribution is -2.17. The first kappa shape index (κ1) is 16.2. The van der Waals surface area contributed by atoms with Gasteiger partial charge >= 0.3 is 5.97 Å². The molecule has 0 fully saturated rings. The van der Waals surface area contributed by atoms with E-state index in [4.69, 9.17) is 4.74 Å². The number of hydrogen-bond donors (Lipinski definition) is 1. The Morgan fingerprint density at radius 1 is 1.09 bits per heavy atom. The normalized spacial score (nSPS) is 11.0.